The normalized spacial score (nSPS) is 11.9. The summed E-state index contributed by atoms with van der Waals surface area (Å²) >= 11 is 1.63. The number of quaternary nitrogens is 1. The smallest absolute Gasteiger partial charge is 0.343 e. The van der Waals surface area contributed by atoms with Crippen molar-refractivity contribution in [3.05, 3.63) is 96.6 Å². The lowest BCUT2D eigenvalue weighted by Crippen LogP contribution is -2.54. The standard InChI is InChI=1S/C35H44N2O4S/c1-27(28-15-11-10-12-16-28)33(37(2,3)4)34(38)36-25-13-8-6-7-9-14-26-40-30-19-21-31(22-20-30)41-35(39)29-17-23-32(42-5)24-18-29/h10-12,15-24,33H,1,6-9,13-14,25-26H2,2-5H3/p+1. The molecule has 0 saturated carbocycles. The Kier molecular flexibility index (Phi) is 13.2. The first kappa shape index (κ1) is 33.0. The lowest BCUT2D eigenvalue weighted by molar-refractivity contribution is -0.877. The highest BCUT2D eigenvalue weighted by atomic mass is 32.2. The van der Waals surface area contributed by atoms with Crippen LogP contribution in [-0.2, 0) is 4.79 Å². The number of nitrogens with one attached hydrogen (secondary N) is 1. The van der Waals surface area contributed by atoms with Crippen LogP contribution < -0.4 is 14.8 Å². The Hall–Kier alpha value is -3.55. The monoisotopic (exact) mass is 589 g/mol. The van der Waals surface area contributed by atoms with Crippen LogP contribution >= 0.6 is 11.8 Å². The summed E-state index contributed by atoms with van der Waals surface area (Å²) in [6.07, 6.45) is 8.38. The fourth-order valence-corrected chi connectivity index (χ4v) is 5.13. The van der Waals surface area contributed by atoms with Gasteiger partial charge in [0.25, 0.3) is 5.91 Å². The first-order valence-corrected chi connectivity index (χ1v) is 15.8. The average Bonchev–Trinajstić information content (AvgIpc) is 2.98. The molecule has 1 atom stereocenters. The maximum atomic E-state index is 13.0. The average molecular weight is 590 g/mol. The Labute approximate surface area is 255 Å². The van der Waals surface area contributed by atoms with Crippen molar-refractivity contribution in [3.63, 3.8) is 0 Å². The van der Waals surface area contributed by atoms with Crippen molar-refractivity contribution in [1.82, 2.24) is 5.32 Å². The molecule has 1 amide bonds. The van der Waals surface area contributed by atoms with Gasteiger partial charge >= 0.3 is 5.97 Å². The molecule has 0 heterocycles. The Morgan fingerprint density at radius 3 is 2.00 bits per heavy atom. The predicted molar refractivity (Wildman–Crippen MR) is 173 cm³/mol. The SMILES string of the molecule is C=C(c1ccccc1)C(C(=O)NCCCCCCCCOc1ccc(OC(=O)c2ccc(SC)cc2)cc1)[N+](C)(C)C. The Balaban J connectivity index is 1.26. The number of ether oxygens (including phenoxy) is 2. The number of esters is 1. The minimum atomic E-state index is -0.374. The van der Waals surface area contributed by atoms with Crippen molar-refractivity contribution in [1.29, 1.82) is 0 Å². The number of nitrogens with zero attached hydrogens (tertiary/aromatic N) is 1. The summed E-state index contributed by atoms with van der Waals surface area (Å²) in [5, 5.41) is 3.13. The van der Waals surface area contributed by atoms with Crippen molar-refractivity contribution in [2.24, 2.45) is 0 Å². The number of hydrogen-bond donors (Lipinski definition) is 1. The predicted octanol–water partition coefficient (Wildman–Crippen LogP) is 7.25. The van der Waals surface area contributed by atoms with E-state index in [0.717, 1.165) is 60.3 Å². The molecule has 224 valence electrons. The number of rotatable bonds is 17. The fraction of sp³-hybridized carbons (Fsp3) is 0.371. The molecule has 0 fully saturated rings. The second-order valence-electron chi connectivity index (χ2n) is 11.3. The maximum Gasteiger partial charge on any atom is 0.343 e. The molecule has 0 radical (unpaired) electrons. The maximum absolute atomic E-state index is 13.0. The first-order valence-electron chi connectivity index (χ1n) is 14.6. The molecule has 3 rings (SSSR count). The van der Waals surface area contributed by atoms with Crippen LogP contribution in [0.5, 0.6) is 11.5 Å². The van der Waals surface area contributed by atoms with Gasteiger partial charge in [-0.05, 0) is 73.2 Å². The molecule has 0 bridgehead atoms. The summed E-state index contributed by atoms with van der Waals surface area (Å²) in [6.45, 7) is 5.57. The second kappa shape index (κ2) is 16.8. The highest BCUT2D eigenvalue weighted by molar-refractivity contribution is 7.98. The number of likely N-dealkylation sites (N-methyl/N-ethyl adjacent to an activating group) is 1. The summed E-state index contributed by atoms with van der Waals surface area (Å²) in [5.41, 5.74) is 2.37. The summed E-state index contributed by atoms with van der Waals surface area (Å²) in [6, 6.07) is 24.1. The van der Waals surface area contributed by atoms with Crippen LogP contribution in [0.15, 0.2) is 90.3 Å². The van der Waals surface area contributed by atoms with E-state index in [4.69, 9.17) is 9.47 Å². The van der Waals surface area contributed by atoms with Crippen molar-refractivity contribution in [2.75, 3.05) is 40.6 Å². The van der Waals surface area contributed by atoms with Gasteiger partial charge in [0.05, 0.1) is 33.3 Å². The lowest BCUT2D eigenvalue weighted by atomic mass is 9.97. The number of unbranched alkanes of at least 4 members (excludes halogenated alkanes) is 5. The fourth-order valence-electron chi connectivity index (χ4n) is 4.72. The molecule has 7 heteroatoms. The Morgan fingerprint density at radius 1 is 0.786 bits per heavy atom. The number of thioether (sulfide) groups is 1. The zero-order valence-electron chi connectivity index (χ0n) is 25.4. The molecule has 6 nitrogen and oxygen atoms in total. The topological polar surface area (TPSA) is 64.6 Å². The van der Waals surface area contributed by atoms with Gasteiger partial charge in [-0.25, -0.2) is 4.79 Å². The molecule has 0 spiro atoms. The van der Waals surface area contributed by atoms with Crippen LogP contribution in [0.3, 0.4) is 0 Å². The Morgan fingerprint density at radius 2 is 1.38 bits per heavy atom. The van der Waals surface area contributed by atoms with Crippen LogP contribution in [0.4, 0.5) is 0 Å². The van der Waals surface area contributed by atoms with Crippen LogP contribution in [0.25, 0.3) is 5.57 Å². The van der Waals surface area contributed by atoms with Crippen molar-refractivity contribution in [2.45, 2.75) is 49.5 Å². The summed E-state index contributed by atoms with van der Waals surface area (Å²) < 4.78 is 11.8. The number of carbonyl (C=O) groups is 2. The van der Waals surface area contributed by atoms with E-state index in [1.54, 1.807) is 36.0 Å². The number of carbonyl (C=O) groups excluding carboxylic acids is 2. The van der Waals surface area contributed by atoms with E-state index in [-0.39, 0.29) is 17.9 Å². The molecule has 3 aromatic rings. The van der Waals surface area contributed by atoms with Crippen LogP contribution in [0, 0.1) is 0 Å². The molecule has 0 saturated heterocycles. The third kappa shape index (κ3) is 10.7. The zero-order chi connectivity index (χ0) is 30.4. The second-order valence-corrected chi connectivity index (χ2v) is 12.1. The van der Waals surface area contributed by atoms with E-state index >= 15 is 0 Å². The Bertz CT molecular complexity index is 1270. The van der Waals surface area contributed by atoms with Gasteiger partial charge in [-0.2, -0.15) is 0 Å². The minimum absolute atomic E-state index is 0.0284. The molecule has 3 aromatic carbocycles. The van der Waals surface area contributed by atoms with E-state index in [1.165, 1.54) is 0 Å². The lowest BCUT2D eigenvalue weighted by Gasteiger charge is -2.34. The summed E-state index contributed by atoms with van der Waals surface area (Å²) in [4.78, 5) is 26.5. The van der Waals surface area contributed by atoms with Crippen LogP contribution in [0.2, 0.25) is 0 Å². The van der Waals surface area contributed by atoms with Crippen LogP contribution in [-0.4, -0.2) is 63.0 Å². The van der Waals surface area contributed by atoms with Crippen molar-refractivity contribution < 1.29 is 23.5 Å². The molecule has 0 aliphatic rings. The molecule has 0 aromatic heterocycles. The van der Waals surface area contributed by atoms with Crippen molar-refractivity contribution in [3.8, 4) is 11.5 Å². The highest BCUT2D eigenvalue weighted by Crippen LogP contribution is 2.23. The largest absolute Gasteiger partial charge is 0.494 e. The van der Waals surface area contributed by atoms with Gasteiger partial charge in [0.1, 0.15) is 11.5 Å². The van der Waals surface area contributed by atoms with E-state index in [0.29, 0.717) is 28.9 Å². The third-order valence-electron chi connectivity index (χ3n) is 7.00. The van der Waals surface area contributed by atoms with E-state index in [9.17, 15) is 9.59 Å². The molecule has 42 heavy (non-hydrogen) atoms. The zero-order valence-corrected chi connectivity index (χ0v) is 26.3. The number of benzene rings is 3. The van der Waals surface area contributed by atoms with Gasteiger partial charge < -0.3 is 19.3 Å². The van der Waals surface area contributed by atoms with Crippen LogP contribution in [0.1, 0.15) is 54.4 Å². The van der Waals surface area contributed by atoms with Gasteiger partial charge in [0.15, 0.2) is 6.04 Å². The number of amides is 1. The summed E-state index contributed by atoms with van der Waals surface area (Å²) in [7, 11) is 6.09. The quantitative estimate of drug-likeness (QED) is 0.0591. The number of hydrogen-bond acceptors (Lipinski definition) is 5. The van der Waals surface area contributed by atoms with Gasteiger partial charge in [0, 0.05) is 17.0 Å². The molecular formula is C35H45N2O4S+. The van der Waals surface area contributed by atoms with E-state index in [2.05, 4.69) is 11.9 Å². The third-order valence-corrected chi connectivity index (χ3v) is 7.74. The molecule has 0 aliphatic heterocycles. The van der Waals surface area contributed by atoms with Crippen molar-refractivity contribution >= 4 is 29.2 Å². The molecule has 1 unspecified atom stereocenters. The minimum Gasteiger partial charge on any atom is -0.494 e. The first-order chi connectivity index (χ1) is 20.2. The molecule has 1 N–H and O–H groups in total. The van der Waals surface area contributed by atoms with Gasteiger partial charge in [0.2, 0.25) is 0 Å². The van der Waals surface area contributed by atoms with Gasteiger partial charge in [-0.1, -0.05) is 62.6 Å². The molecular weight excluding hydrogens is 544 g/mol. The van der Waals surface area contributed by atoms with E-state index in [1.807, 2.05) is 82.0 Å². The van der Waals surface area contributed by atoms with E-state index < -0.39 is 0 Å². The van der Waals surface area contributed by atoms with Gasteiger partial charge in [-0.15, -0.1) is 11.8 Å². The summed E-state index contributed by atoms with van der Waals surface area (Å²) in [5.74, 6) is 0.908. The highest BCUT2D eigenvalue weighted by Gasteiger charge is 2.34. The molecule has 0 aliphatic carbocycles. The van der Waals surface area contributed by atoms with Gasteiger partial charge in [-0.3, -0.25) is 4.79 Å².